The fourth-order valence-electron chi connectivity index (χ4n) is 6.55. The van der Waals surface area contributed by atoms with E-state index in [9.17, 15) is 14.4 Å². The molecule has 1 aromatic rings. The molecule has 1 aromatic carbocycles. The van der Waals surface area contributed by atoms with E-state index in [4.69, 9.17) is 18.9 Å². The molecule has 8 heteroatoms. The van der Waals surface area contributed by atoms with E-state index in [2.05, 4.69) is 11.8 Å². The average molecular weight is 496 g/mol. The number of nitrogens with zero attached hydrogens (tertiary/aromatic N) is 1. The van der Waals surface area contributed by atoms with E-state index in [0.717, 1.165) is 25.9 Å². The zero-order valence-corrected chi connectivity index (χ0v) is 20.9. The number of hydrogen-bond donors (Lipinski definition) is 0. The van der Waals surface area contributed by atoms with Crippen LogP contribution in [0.5, 0.6) is 0 Å². The summed E-state index contributed by atoms with van der Waals surface area (Å²) in [7, 11) is 0. The van der Waals surface area contributed by atoms with Gasteiger partial charge in [-0.25, -0.2) is 9.59 Å². The second-order valence-corrected chi connectivity index (χ2v) is 11.3. The van der Waals surface area contributed by atoms with Crippen molar-refractivity contribution >= 4 is 17.9 Å². The summed E-state index contributed by atoms with van der Waals surface area (Å²) in [6, 6.07) is 8.38. The van der Waals surface area contributed by atoms with Crippen LogP contribution in [0.1, 0.15) is 50.4 Å². The van der Waals surface area contributed by atoms with Crippen molar-refractivity contribution in [2.75, 3.05) is 13.1 Å². The van der Waals surface area contributed by atoms with Crippen molar-refractivity contribution in [2.24, 2.45) is 17.8 Å². The molecule has 0 spiro atoms. The van der Waals surface area contributed by atoms with Gasteiger partial charge in [0.05, 0.1) is 28.7 Å². The summed E-state index contributed by atoms with van der Waals surface area (Å²) in [4.78, 5) is 41.4. The first-order chi connectivity index (χ1) is 17.2. The minimum atomic E-state index is -0.709. The highest BCUT2D eigenvalue weighted by Gasteiger charge is 2.65. The quantitative estimate of drug-likeness (QED) is 0.359. The molecule has 0 radical (unpaired) electrons. The first kappa shape index (κ1) is 23.7. The van der Waals surface area contributed by atoms with Crippen LogP contribution in [-0.4, -0.2) is 72.0 Å². The van der Waals surface area contributed by atoms with Crippen LogP contribution in [0.4, 0.5) is 0 Å². The van der Waals surface area contributed by atoms with Crippen LogP contribution < -0.4 is 0 Å². The third-order valence-electron chi connectivity index (χ3n) is 8.79. The standard InChI is InChI=1S/C28H33NO7/c1-15-9-11-29(12-10-15)22-18-13-19(33-27(18)32)21-16(2)25(30)34-20(21)14-28(3)24(36-28)23(22)35-26(31)17-7-5-4-6-8-17/h4-8,13,15-16,19-24H,9-12,14H2,1-3H3/t16?,19-,20+,21+,22+,23-,24+,28+/m1/s1. The van der Waals surface area contributed by atoms with Gasteiger partial charge >= 0.3 is 17.9 Å². The number of rotatable bonds is 3. The first-order valence-corrected chi connectivity index (χ1v) is 13.1. The molecule has 3 fully saturated rings. The van der Waals surface area contributed by atoms with Crippen molar-refractivity contribution in [2.45, 2.75) is 76.1 Å². The van der Waals surface area contributed by atoms with E-state index in [1.165, 1.54) is 0 Å². The molecule has 8 atom stereocenters. The molecule has 4 heterocycles. The monoisotopic (exact) mass is 495 g/mol. The molecule has 36 heavy (non-hydrogen) atoms. The number of likely N-dealkylation sites (tertiary alicyclic amines) is 1. The van der Waals surface area contributed by atoms with Crippen molar-refractivity contribution in [3.63, 3.8) is 0 Å². The highest BCUT2D eigenvalue weighted by atomic mass is 16.6. The Labute approximate surface area is 210 Å². The van der Waals surface area contributed by atoms with Crippen LogP contribution >= 0.6 is 0 Å². The van der Waals surface area contributed by atoms with Crippen molar-refractivity contribution in [1.82, 2.24) is 4.90 Å². The number of epoxide rings is 1. The van der Waals surface area contributed by atoms with E-state index < -0.39 is 48.0 Å². The lowest BCUT2D eigenvalue weighted by atomic mass is 9.79. The molecular formula is C28H33NO7. The van der Waals surface area contributed by atoms with E-state index in [-0.39, 0.29) is 17.8 Å². The number of carbonyl (C=O) groups is 3. The maximum atomic E-state index is 13.4. The molecule has 4 aliphatic heterocycles. The van der Waals surface area contributed by atoms with Gasteiger partial charge in [-0.3, -0.25) is 9.69 Å². The molecule has 2 bridgehead atoms. The van der Waals surface area contributed by atoms with Crippen LogP contribution in [-0.2, 0) is 28.5 Å². The summed E-state index contributed by atoms with van der Waals surface area (Å²) in [5.41, 5.74) is 0.296. The Morgan fingerprint density at radius 3 is 2.53 bits per heavy atom. The van der Waals surface area contributed by atoms with Gasteiger partial charge < -0.3 is 18.9 Å². The number of hydrogen-bond acceptors (Lipinski definition) is 8. The Kier molecular flexibility index (Phi) is 5.72. The minimum absolute atomic E-state index is 0.272. The topological polar surface area (TPSA) is 94.7 Å². The fourth-order valence-corrected chi connectivity index (χ4v) is 6.55. The van der Waals surface area contributed by atoms with Gasteiger partial charge in [0.15, 0.2) is 6.10 Å². The Hall–Kier alpha value is -2.71. The Bertz CT molecular complexity index is 1090. The van der Waals surface area contributed by atoms with E-state index in [0.29, 0.717) is 23.5 Å². The summed E-state index contributed by atoms with van der Waals surface area (Å²) in [5.74, 6) is -1.21. The molecular weight excluding hydrogens is 462 g/mol. The molecule has 0 saturated carbocycles. The maximum Gasteiger partial charge on any atom is 0.338 e. The fraction of sp³-hybridized carbons (Fsp3) is 0.607. The van der Waals surface area contributed by atoms with Crippen LogP contribution in [0, 0.1) is 17.8 Å². The van der Waals surface area contributed by atoms with E-state index in [1.54, 1.807) is 24.3 Å². The lowest BCUT2D eigenvalue weighted by Crippen LogP contribution is -2.53. The van der Waals surface area contributed by atoms with Crippen LogP contribution in [0.3, 0.4) is 0 Å². The van der Waals surface area contributed by atoms with Gasteiger partial charge in [-0.1, -0.05) is 32.0 Å². The Morgan fingerprint density at radius 1 is 1.08 bits per heavy atom. The minimum Gasteiger partial charge on any atom is -0.462 e. The van der Waals surface area contributed by atoms with E-state index >= 15 is 0 Å². The molecule has 1 aliphatic carbocycles. The predicted molar refractivity (Wildman–Crippen MR) is 128 cm³/mol. The van der Waals surface area contributed by atoms with Gasteiger partial charge in [-0.05, 0) is 57.0 Å². The number of esters is 3. The second-order valence-electron chi connectivity index (χ2n) is 11.3. The highest BCUT2D eigenvalue weighted by Crippen LogP contribution is 2.51. The normalized spacial score (nSPS) is 40.4. The van der Waals surface area contributed by atoms with Gasteiger partial charge in [0.2, 0.25) is 0 Å². The third-order valence-corrected chi connectivity index (χ3v) is 8.79. The SMILES string of the molecule is CC1CCN([C@H]2C3=C[C@@H](OC3=O)[C@@H]3C(C)C(=O)O[C@H]3C[C@]3(C)O[C@H]3[C@@H]2OC(=O)c2ccccc2)CC1. The molecule has 0 aromatic heterocycles. The summed E-state index contributed by atoms with van der Waals surface area (Å²) in [6.07, 6.45) is 2.16. The van der Waals surface area contributed by atoms with Gasteiger partial charge in [-0.2, -0.15) is 0 Å². The molecule has 0 N–H and O–H groups in total. The second kappa shape index (κ2) is 8.70. The first-order valence-electron chi connectivity index (χ1n) is 13.1. The maximum absolute atomic E-state index is 13.4. The molecule has 3 saturated heterocycles. The molecule has 5 aliphatic rings. The molecule has 6 rings (SSSR count). The summed E-state index contributed by atoms with van der Waals surface area (Å²) >= 11 is 0. The Morgan fingerprint density at radius 2 is 1.81 bits per heavy atom. The average Bonchev–Trinajstić information content (AvgIpc) is 3.25. The van der Waals surface area contributed by atoms with Crippen LogP contribution in [0.15, 0.2) is 42.0 Å². The van der Waals surface area contributed by atoms with Gasteiger partial charge in [0, 0.05) is 12.3 Å². The largest absolute Gasteiger partial charge is 0.462 e. The zero-order valence-electron chi connectivity index (χ0n) is 20.9. The van der Waals surface area contributed by atoms with Crippen molar-refractivity contribution in [1.29, 1.82) is 0 Å². The van der Waals surface area contributed by atoms with Crippen LogP contribution in [0.25, 0.3) is 0 Å². The smallest absolute Gasteiger partial charge is 0.338 e. The van der Waals surface area contributed by atoms with Crippen LogP contribution in [0.2, 0.25) is 0 Å². The number of fused-ring (bicyclic) bond motifs is 4. The molecule has 8 nitrogen and oxygen atoms in total. The van der Waals surface area contributed by atoms with Crippen molar-refractivity contribution in [3.05, 3.63) is 47.5 Å². The van der Waals surface area contributed by atoms with Crippen molar-refractivity contribution < 1.29 is 33.3 Å². The zero-order chi connectivity index (χ0) is 25.2. The number of carbonyl (C=O) groups excluding carboxylic acids is 3. The van der Waals surface area contributed by atoms with E-state index in [1.807, 2.05) is 26.0 Å². The number of piperidine rings is 1. The molecule has 1 unspecified atom stereocenters. The van der Waals surface area contributed by atoms with Gasteiger partial charge in [0.1, 0.15) is 18.3 Å². The van der Waals surface area contributed by atoms with Gasteiger partial charge in [0.25, 0.3) is 0 Å². The molecule has 0 amide bonds. The number of ether oxygens (including phenoxy) is 4. The highest BCUT2D eigenvalue weighted by molar-refractivity contribution is 5.93. The Balaban J connectivity index is 1.42. The number of benzene rings is 1. The lowest BCUT2D eigenvalue weighted by molar-refractivity contribution is -0.144. The van der Waals surface area contributed by atoms with Crippen molar-refractivity contribution in [3.8, 4) is 0 Å². The summed E-state index contributed by atoms with van der Waals surface area (Å²) in [6.45, 7) is 7.61. The third kappa shape index (κ3) is 3.95. The lowest BCUT2D eigenvalue weighted by Gasteiger charge is -2.40. The summed E-state index contributed by atoms with van der Waals surface area (Å²) < 4.78 is 24.1. The summed E-state index contributed by atoms with van der Waals surface area (Å²) in [5, 5.41) is 0. The predicted octanol–water partition coefficient (Wildman–Crippen LogP) is 2.90. The van der Waals surface area contributed by atoms with Gasteiger partial charge in [-0.15, -0.1) is 0 Å². The molecule has 192 valence electrons.